The fourth-order valence-corrected chi connectivity index (χ4v) is 2.93. The molecule has 150 valence electrons. The van der Waals surface area contributed by atoms with Gasteiger partial charge in [-0.1, -0.05) is 6.92 Å². The first-order valence-electron chi connectivity index (χ1n) is 8.93. The summed E-state index contributed by atoms with van der Waals surface area (Å²) in [6.07, 6.45) is 2.54. The van der Waals surface area contributed by atoms with Gasteiger partial charge in [-0.15, -0.1) is 10.2 Å². The van der Waals surface area contributed by atoms with Crippen molar-refractivity contribution in [1.82, 2.24) is 15.2 Å². The number of anilines is 1. The Morgan fingerprint density at radius 3 is 2.66 bits per heavy atom. The Bertz CT molecular complexity index is 1050. The van der Waals surface area contributed by atoms with Crippen molar-refractivity contribution >= 4 is 28.1 Å². The number of hydrazone groups is 1. The van der Waals surface area contributed by atoms with Crippen LogP contribution in [0.5, 0.6) is 11.5 Å². The van der Waals surface area contributed by atoms with Crippen molar-refractivity contribution in [3.8, 4) is 22.8 Å². The summed E-state index contributed by atoms with van der Waals surface area (Å²) in [4.78, 5) is 14.9. The number of hydrogen-bond acceptors (Lipinski definition) is 7. The minimum atomic E-state index is -0.372. The summed E-state index contributed by atoms with van der Waals surface area (Å²) in [6.45, 7) is 2.71. The van der Waals surface area contributed by atoms with E-state index in [1.165, 1.54) is 0 Å². The van der Waals surface area contributed by atoms with E-state index in [1.807, 2.05) is 18.2 Å². The SMILES string of the molecule is CCCOc1ccc(/C=N/Nc2nnc(-c3ccc(OC)cc3)c(=O)[nH]2)cc1Br. The molecule has 0 aliphatic rings. The summed E-state index contributed by atoms with van der Waals surface area (Å²) >= 11 is 3.48. The van der Waals surface area contributed by atoms with Crippen LogP contribution in [0, 0.1) is 0 Å². The fourth-order valence-electron chi connectivity index (χ4n) is 2.42. The van der Waals surface area contributed by atoms with Crippen molar-refractivity contribution in [3.05, 3.63) is 62.9 Å². The number of ether oxygens (including phenoxy) is 2. The lowest BCUT2D eigenvalue weighted by molar-refractivity contribution is 0.315. The Kier molecular flexibility index (Phi) is 6.96. The molecule has 0 unspecified atom stereocenters. The first-order chi connectivity index (χ1) is 14.1. The van der Waals surface area contributed by atoms with Crippen LogP contribution in [0.3, 0.4) is 0 Å². The lowest BCUT2D eigenvalue weighted by atomic mass is 10.1. The summed E-state index contributed by atoms with van der Waals surface area (Å²) < 4.78 is 11.6. The number of halogens is 1. The van der Waals surface area contributed by atoms with Crippen LogP contribution < -0.4 is 20.5 Å². The van der Waals surface area contributed by atoms with E-state index in [1.54, 1.807) is 37.6 Å². The average Bonchev–Trinajstić information content (AvgIpc) is 2.73. The lowest BCUT2D eigenvalue weighted by Gasteiger charge is -2.07. The largest absolute Gasteiger partial charge is 0.497 e. The number of nitrogens with zero attached hydrogens (tertiary/aromatic N) is 3. The first kappa shape index (κ1) is 20.5. The van der Waals surface area contributed by atoms with Crippen LogP contribution >= 0.6 is 15.9 Å². The topological polar surface area (TPSA) is 101 Å². The zero-order chi connectivity index (χ0) is 20.6. The number of hydrogen-bond donors (Lipinski definition) is 2. The van der Waals surface area contributed by atoms with Gasteiger partial charge in [0.05, 0.1) is 24.4 Å². The number of methoxy groups -OCH3 is 1. The molecular weight excluding hydrogens is 438 g/mol. The third-order valence-corrected chi connectivity index (χ3v) is 4.48. The maximum atomic E-state index is 12.3. The maximum Gasteiger partial charge on any atom is 0.279 e. The molecule has 2 aromatic carbocycles. The van der Waals surface area contributed by atoms with Gasteiger partial charge in [0, 0.05) is 5.56 Å². The normalized spacial score (nSPS) is 10.9. The second-order valence-electron chi connectivity index (χ2n) is 5.99. The van der Waals surface area contributed by atoms with Crippen LogP contribution in [0.1, 0.15) is 18.9 Å². The second-order valence-corrected chi connectivity index (χ2v) is 6.84. The molecule has 0 radical (unpaired) electrons. The molecule has 0 saturated heterocycles. The minimum Gasteiger partial charge on any atom is -0.497 e. The Morgan fingerprint density at radius 2 is 2.00 bits per heavy atom. The van der Waals surface area contributed by atoms with Crippen molar-refractivity contribution in [2.45, 2.75) is 13.3 Å². The third kappa shape index (κ3) is 5.41. The van der Waals surface area contributed by atoms with E-state index < -0.39 is 0 Å². The van der Waals surface area contributed by atoms with E-state index in [4.69, 9.17) is 9.47 Å². The van der Waals surface area contributed by atoms with Crippen molar-refractivity contribution in [1.29, 1.82) is 0 Å². The summed E-state index contributed by atoms with van der Waals surface area (Å²) in [5, 5.41) is 12.0. The Balaban J connectivity index is 1.67. The Morgan fingerprint density at radius 1 is 1.21 bits per heavy atom. The van der Waals surface area contributed by atoms with Crippen molar-refractivity contribution < 1.29 is 9.47 Å². The highest BCUT2D eigenvalue weighted by Crippen LogP contribution is 2.25. The molecule has 1 heterocycles. The van der Waals surface area contributed by atoms with Crippen molar-refractivity contribution in [2.75, 3.05) is 19.1 Å². The van der Waals surface area contributed by atoms with Gasteiger partial charge in [-0.25, -0.2) is 5.43 Å². The number of H-pyrrole nitrogens is 1. The molecule has 29 heavy (non-hydrogen) atoms. The van der Waals surface area contributed by atoms with Gasteiger partial charge in [-0.3, -0.25) is 9.78 Å². The molecule has 3 aromatic rings. The molecule has 0 bridgehead atoms. The second kappa shape index (κ2) is 9.83. The molecule has 0 atom stereocenters. The lowest BCUT2D eigenvalue weighted by Crippen LogP contribution is -2.15. The summed E-state index contributed by atoms with van der Waals surface area (Å²) in [7, 11) is 1.58. The van der Waals surface area contributed by atoms with E-state index in [9.17, 15) is 4.79 Å². The molecule has 9 heteroatoms. The number of nitrogens with one attached hydrogen (secondary N) is 2. The molecule has 0 fully saturated rings. The van der Waals surface area contributed by atoms with Gasteiger partial charge in [-0.2, -0.15) is 5.10 Å². The molecule has 8 nitrogen and oxygen atoms in total. The fraction of sp³-hybridized carbons (Fsp3) is 0.200. The summed E-state index contributed by atoms with van der Waals surface area (Å²) in [5.41, 5.74) is 4.01. The van der Waals surface area contributed by atoms with Crippen LogP contribution in [0.15, 0.2) is 56.8 Å². The van der Waals surface area contributed by atoms with Gasteiger partial charge in [0.15, 0.2) is 5.69 Å². The number of benzene rings is 2. The highest BCUT2D eigenvalue weighted by molar-refractivity contribution is 9.10. The summed E-state index contributed by atoms with van der Waals surface area (Å²) in [5.74, 6) is 1.62. The molecule has 0 saturated carbocycles. The van der Waals surface area contributed by atoms with E-state index >= 15 is 0 Å². The van der Waals surface area contributed by atoms with Crippen LogP contribution in [0.4, 0.5) is 5.95 Å². The predicted octanol–water partition coefficient (Wildman–Crippen LogP) is 3.84. The van der Waals surface area contributed by atoms with Crippen molar-refractivity contribution in [3.63, 3.8) is 0 Å². The standard InChI is InChI=1S/C20H20BrN5O3/c1-3-10-29-17-9-4-13(11-16(17)21)12-22-25-20-23-19(27)18(24-26-20)14-5-7-15(28-2)8-6-14/h4-9,11-12H,3,10H2,1-2H3,(H2,23,25,26,27)/b22-12+. The molecular formula is C20H20BrN5O3. The number of rotatable bonds is 8. The van der Waals surface area contributed by atoms with Gasteiger partial charge in [0.25, 0.3) is 5.56 Å². The van der Waals surface area contributed by atoms with Gasteiger partial charge >= 0.3 is 0 Å². The zero-order valence-corrected chi connectivity index (χ0v) is 17.6. The number of aromatic amines is 1. The van der Waals surface area contributed by atoms with Gasteiger partial charge in [-0.05, 0) is 70.4 Å². The molecule has 3 rings (SSSR count). The zero-order valence-electron chi connectivity index (χ0n) is 16.0. The van der Waals surface area contributed by atoms with E-state index in [2.05, 4.69) is 48.6 Å². The Hall–Kier alpha value is -3.20. The molecule has 0 aliphatic carbocycles. The molecule has 1 aromatic heterocycles. The quantitative estimate of drug-likeness (QED) is 0.393. The van der Waals surface area contributed by atoms with E-state index in [0.29, 0.717) is 17.9 Å². The van der Waals surface area contributed by atoms with Crippen LogP contribution in [-0.2, 0) is 0 Å². The van der Waals surface area contributed by atoms with Crippen molar-refractivity contribution in [2.24, 2.45) is 5.10 Å². The number of aromatic nitrogens is 3. The molecule has 2 N–H and O–H groups in total. The van der Waals surface area contributed by atoms with Crippen LogP contribution in [0.2, 0.25) is 0 Å². The predicted molar refractivity (Wildman–Crippen MR) is 116 cm³/mol. The molecule has 0 amide bonds. The average molecular weight is 458 g/mol. The smallest absolute Gasteiger partial charge is 0.279 e. The third-order valence-electron chi connectivity index (χ3n) is 3.86. The molecule has 0 aliphatic heterocycles. The van der Waals surface area contributed by atoms with Gasteiger partial charge in [0.2, 0.25) is 5.95 Å². The highest BCUT2D eigenvalue weighted by Gasteiger charge is 2.07. The van der Waals surface area contributed by atoms with E-state index in [-0.39, 0.29) is 17.2 Å². The van der Waals surface area contributed by atoms with Crippen LogP contribution in [0.25, 0.3) is 11.3 Å². The Labute approximate surface area is 176 Å². The summed E-state index contributed by atoms with van der Waals surface area (Å²) in [6, 6.07) is 12.6. The van der Waals surface area contributed by atoms with E-state index in [0.717, 1.165) is 22.2 Å². The first-order valence-corrected chi connectivity index (χ1v) is 9.73. The molecule has 0 spiro atoms. The maximum absolute atomic E-state index is 12.3. The highest BCUT2D eigenvalue weighted by atomic mass is 79.9. The minimum absolute atomic E-state index is 0.144. The monoisotopic (exact) mass is 457 g/mol. The van der Waals surface area contributed by atoms with Gasteiger partial charge in [0.1, 0.15) is 11.5 Å². The van der Waals surface area contributed by atoms with Gasteiger partial charge < -0.3 is 9.47 Å². The van der Waals surface area contributed by atoms with Crippen LogP contribution in [-0.4, -0.2) is 35.1 Å².